The van der Waals surface area contributed by atoms with Crippen molar-refractivity contribution >= 4 is 56.8 Å². The molecule has 0 bridgehead atoms. The van der Waals surface area contributed by atoms with Crippen molar-refractivity contribution in [1.82, 2.24) is 4.90 Å². The Morgan fingerprint density at radius 1 is 1.20 bits per heavy atom. The first-order valence-corrected chi connectivity index (χ1v) is 11.7. The lowest BCUT2D eigenvalue weighted by Gasteiger charge is -2.28. The van der Waals surface area contributed by atoms with Crippen LogP contribution in [-0.4, -0.2) is 40.7 Å². The second kappa shape index (κ2) is 8.89. The molecule has 0 spiro atoms. The van der Waals surface area contributed by atoms with Crippen molar-refractivity contribution in [3.05, 3.63) is 41.5 Å². The Kier molecular flexibility index (Phi) is 6.67. The van der Waals surface area contributed by atoms with E-state index in [-0.39, 0.29) is 24.6 Å². The van der Waals surface area contributed by atoms with Crippen molar-refractivity contribution in [3.63, 3.8) is 0 Å². The number of anilines is 1. The summed E-state index contributed by atoms with van der Waals surface area (Å²) in [6, 6.07) is 8.60. The van der Waals surface area contributed by atoms with Crippen LogP contribution < -0.4 is 5.32 Å². The number of rotatable bonds is 7. The zero-order chi connectivity index (χ0) is 22.1. The van der Waals surface area contributed by atoms with Crippen LogP contribution in [0.1, 0.15) is 56.3 Å². The van der Waals surface area contributed by atoms with Crippen LogP contribution in [0.3, 0.4) is 0 Å². The lowest BCUT2D eigenvalue weighted by atomic mass is 9.92. The molecule has 2 aromatic rings. The second-order valence-electron chi connectivity index (χ2n) is 8.39. The fourth-order valence-electron chi connectivity index (χ4n) is 3.26. The molecule has 1 aliphatic rings. The topological polar surface area (TPSA) is 75.7 Å². The number of thiol groups is 1. The molecule has 0 saturated carbocycles. The van der Waals surface area contributed by atoms with Crippen LogP contribution in [0.25, 0.3) is 10.8 Å². The molecule has 0 aromatic heterocycles. The predicted octanol–water partition coefficient (Wildman–Crippen LogP) is 5.63. The Morgan fingerprint density at radius 3 is 2.50 bits per heavy atom. The number of nitrogens with zero attached hydrogens (tertiary/aromatic N) is 1. The third-order valence-corrected chi connectivity index (χ3v) is 7.05. The Labute approximate surface area is 187 Å². The van der Waals surface area contributed by atoms with Crippen LogP contribution in [0.15, 0.2) is 30.3 Å². The summed E-state index contributed by atoms with van der Waals surface area (Å²) in [6.45, 7) is 8.53. The van der Waals surface area contributed by atoms with E-state index in [9.17, 15) is 14.4 Å². The molecule has 1 aliphatic heterocycles. The van der Waals surface area contributed by atoms with E-state index in [1.54, 1.807) is 30.3 Å². The minimum atomic E-state index is -0.599. The number of nitrogens with one attached hydrogen (secondary N) is 1. The maximum atomic E-state index is 13.0. The molecule has 0 saturated heterocycles. The van der Waals surface area contributed by atoms with E-state index in [1.807, 2.05) is 13.8 Å². The highest BCUT2D eigenvalue weighted by atomic mass is 33.1. The third-order valence-electron chi connectivity index (χ3n) is 4.96. The van der Waals surface area contributed by atoms with Crippen LogP contribution in [-0.2, 0) is 4.74 Å². The first kappa shape index (κ1) is 22.5. The monoisotopic (exact) mass is 448 g/mol. The Morgan fingerprint density at radius 2 is 1.87 bits per heavy atom. The van der Waals surface area contributed by atoms with Gasteiger partial charge in [-0.3, -0.25) is 19.8 Å². The maximum Gasteiger partial charge on any atom is 0.411 e. The number of amides is 3. The van der Waals surface area contributed by atoms with Crippen molar-refractivity contribution in [2.24, 2.45) is 5.92 Å². The van der Waals surface area contributed by atoms with E-state index in [1.165, 1.54) is 15.7 Å². The Bertz CT molecular complexity index is 988. The van der Waals surface area contributed by atoms with Gasteiger partial charge in [0.05, 0.1) is 10.4 Å². The van der Waals surface area contributed by atoms with E-state index in [0.717, 1.165) is 6.42 Å². The van der Waals surface area contributed by atoms with Gasteiger partial charge in [0.2, 0.25) is 0 Å². The van der Waals surface area contributed by atoms with Crippen LogP contribution >= 0.6 is 22.5 Å². The van der Waals surface area contributed by atoms with E-state index in [4.69, 9.17) is 4.74 Å². The Hall–Kier alpha value is -2.19. The lowest BCUT2D eigenvalue weighted by Crippen LogP contribution is -2.41. The molecule has 6 nitrogen and oxygen atoms in total. The Balaban J connectivity index is 0.00000341. The van der Waals surface area contributed by atoms with Gasteiger partial charge in [0.1, 0.15) is 6.61 Å². The van der Waals surface area contributed by atoms with E-state index in [2.05, 4.69) is 30.8 Å². The summed E-state index contributed by atoms with van der Waals surface area (Å²) in [5.74, 6) is -0.219. The molecule has 0 aliphatic carbocycles. The minimum absolute atomic E-state index is 0. The summed E-state index contributed by atoms with van der Waals surface area (Å²) >= 11 is 4.18. The summed E-state index contributed by atoms with van der Waals surface area (Å²) < 4.78 is 4.98. The molecule has 30 heavy (non-hydrogen) atoms. The van der Waals surface area contributed by atoms with Crippen LogP contribution in [0.4, 0.5) is 10.5 Å². The van der Waals surface area contributed by atoms with Crippen molar-refractivity contribution in [3.8, 4) is 0 Å². The van der Waals surface area contributed by atoms with Crippen LogP contribution in [0.5, 0.6) is 0 Å². The van der Waals surface area contributed by atoms with Gasteiger partial charge in [-0.2, -0.15) is 0 Å². The smallest absolute Gasteiger partial charge is 0.411 e. The molecule has 162 valence electrons. The van der Waals surface area contributed by atoms with Gasteiger partial charge in [-0.25, -0.2) is 4.79 Å². The fourth-order valence-corrected chi connectivity index (χ4v) is 3.53. The molecule has 0 fully saturated rings. The molecule has 1 N–H and O–H groups in total. The van der Waals surface area contributed by atoms with Gasteiger partial charge in [-0.05, 0) is 44.4 Å². The van der Waals surface area contributed by atoms with Gasteiger partial charge >= 0.3 is 6.09 Å². The molecular formula is C22H28N2O4S2. The van der Waals surface area contributed by atoms with Crippen molar-refractivity contribution in [1.29, 1.82) is 0 Å². The summed E-state index contributed by atoms with van der Waals surface area (Å²) in [5, 5.41) is 3.93. The highest BCUT2D eigenvalue weighted by Crippen LogP contribution is 2.35. The quantitative estimate of drug-likeness (QED) is 0.326. The third kappa shape index (κ3) is 4.59. The van der Waals surface area contributed by atoms with Crippen molar-refractivity contribution in [2.45, 2.75) is 38.9 Å². The number of hydrogen-bond donors (Lipinski definition) is 2. The molecule has 1 heterocycles. The van der Waals surface area contributed by atoms with Crippen molar-refractivity contribution < 1.29 is 20.5 Å². The van der Waals surface area contributed by atoms with E-state index >= 15 is 0 Å². The summed E-state index contributed by atoms with van der Waals surface area (Å²) in [4.78, 5) is 39.6. The number of ether oxygens (including phenoxy) is 1. The van der Waals surface area contributed by atoms with Gasteiger partial charge in [-0.15, -0.1) is 11.7 Å². The van der Waals surface area contributed by atoms with Gasteiger partial charge < -0.3 is 4.74 Å². The number of benzene rings is 2. The van der Waals surface area contributed by atoms with E-state index in [0.29, 0.717) is 40.0 Å². The summed E-state index contributed by atoms with van der Waals surface area (Å²) in [7, 11) is 1.31. The summed E-state index contributed by atoms with van der Waals surface area (Å²) in [5.41, 5.74) is 1.43. The fraction of sp³-hybridized carbons (Fsp3) is 0.409. The first-order chi connectivity index (χ1) is 14.1. The van der Waals surface area contributed by atoms with Crippen LogP contribution in [0, 0.1) is 5.92 Å². The highest BCUT2D eigenvalue weighted by molar-refractivity contribution is 8.69. The zero-order valence-corrected chi connectivity index (χ0v) is 19.2. The average Bonchev–Trinajstić information content (AvgIpc) is 2.71. The van der Waals surface area contributed by atoms with Crippen molar-refractivity contribution in [2.75, 3.05) is 18.5 Å². The molecular weight excluding hydrogens is 420 g/mol. The normalized spacial score (nSPS) is 13.9. The summed E-state index contributed by atoms with van der Waals surface area (Å²) in [6.07, 6.45) is 0.146. The SMILES string of the molecule is CC(C)CCN1C(=O)c2cccc3c(NC(=O)OCC(C)(C)SS)ccc(c23)C1=O.[HH]. The maximum absolute atomic E-state index is 13.0. The predicted molar refractivity (Wildman–Crippen MR) is 127 cm³/mol. The van der Waals surface area contributed by atoms with Crippen LogP contribution in [0.2, 0.25) is 0 Å². The molecule has 0 atom stereocenters. The zero-order valence-electron chi connectivity index (χ0n) is 17.5. The molecule has 2 aromatic carbocycles. The standard InChI is InChI=1S/C22H26N2O4S2.H2/c1-13(2)10-11-24-19(25)15-7-5-6-14-17(9-8-16(18(14)15)20(24)26)23-21(27)28-12-22(3,4)30-29;/h5-9,13,29H,10-12H2,1-4H3,(H,23,27);1H. The second-order valence-corrected chi connectivity index (χ2v) is 10.2. The van der Waals surface area contributed by atoms with E-state index < -0.39 is 6.09 Å². The highest BCUT2D eigenvalue weighted by Gasteiger charge is 2.33. The molecule has 0 unspecified atom stereocenters. The first-order valence-electron chi connectivity index (χ1n) is 9.83. The number of carbonyl (C=O) groups is 3. The number of imide groups is 1. The largest absolute Gasteiger partial charge is 0.448 e. The lowest BCUT2D eigenvalue weighted by molar-refractivity contribution is 0.0604. The average molecular weight is 449 g/mol. The van der Waals surface area contributed by atoms with Gasteiger partial charge in [-0.1, -0.05) is 36.8 Å². The molecule has 3 amide bonds. The minimum Gasteiger partial charge on any atom is -0.448 e. The number of carbonyl (C=O) groups excluding carboxylic acids is 3. The van der Waals surface area contributed by atoms with Gasteiger partial charge in [0, 0.05) is 29.9 Å². The molecule has 8 heteroatoms. The molecule has 0 radical (unpaired) electrons. The van der Waals surface area contributed by atoms with Gasteiger partial charge in [0.15, 0.2) is 0 Å². The van der Waals surface area contributed by atoms with Gasteiger partial charge in [0.25, 0.3) is 11.8 Å². The number of hydrogen-bond acceptors (Lipinski definition) is 6. The molecule has 3 rings (SSSR count).